The quantitative estimate of drug-likeness (QED) is 0.859. The van der Waals surface area contributed by atoms with E-state index in [4.69, 9.17) is 0 Å². The summed E-state index contributed by atoms with van der Waals surface area (Å²) in [7, 11) is 0. The molecule has 2 aromatic rings. The number of hydrogen-bond donors (Lipinski definition) is 0. The van der Waals surface area contributed by atoms with Crippen molar-refractivity contribution in [2.45, 2.75) is 39.2 Å². The van der Waals surface area contributed by atoms with E-state index in [1.165, 1.54) is 19.4 Å². The second-order valence-corrected chi connectivity index (χ2v) is 7.95. The van der Waals surface area contributed by atoms with Crippen molar-refractivity contribution in [3.63, 3.8) is 0 Å². The van der Waals surface area contributed by atoms with Gasteiger partial charge in [0.05, 0.1) is 0 Å². The van der Waals surface area contributed by atoms with Gasteiger partial charge < -0.3 is 9.30 Å². The van der Waals surface area contributed by atoms with Crippen molar-refractivity contribution in [1.29, 1.82) is 0 Å². The van der Waals surface area contributed by atoms with Crippen LogP contribution < -0.4 is 0 Å². The third-order valence-corrected chi connectivity index (χ3v) is 5.58. The molecule has 2 aromatic heterocycles. The third-order valence-electron chi connectivity index (χ3n) is 5.58. The topological polar surface area (TPSA) is 40.9 Å². The smallest absolute Gasteiger partial charge is 0.274 e. The standard InChI is InChI=1S/C20H28N4O/c1-15(2)18-14-24(11-5-10-22(18)12-16-7-8-16)20(25)17-13-23-9-4-3-6-19(23)21-17/h3-4,6,9,13,15-16,18H,5,7-8,10-12,14H2,1-2H3. The number of carbonyl (C=O) groups excluding carboxylic acids is 1. The Labute approximate surface area is 149 Å². The Kier molecular flexibility index (Phi) is 4.50. The van der Waals surface area contributed by atoms with Crippen molar-refractivity contribution in [2.75, 3.05) is 26.2 Å². The Balaban J connectivity index is 1.53. The van der Waals surface area contributed by atoms with Crippen molar-refractivity contribution in [2.24, 2.45) is 11.8 Å². The highest BCUT2D eigenvalue weighted by Gasteiger charge is 2.33. The SMILES string of the molecule is CC(C)C1CN(C(=O)c2cn3ccccc3n2)CCCN1CC1CC1. The molecule has 1 saturated carbocycles. The van der Waals surface area contributed by atoms with Crippen LogP contribution in [0.1, 0.15) is 43.6 Å². The van der Waals surface area contributed by atoms with Gasteiger partial charge in [0, 0.05) is 44.6 Å². The van der Waals surface area contributed by atoms with Gasteiger partial charge in [-0.3, -0.25) is 9.69 Å². The molecule has 0 bridgehead atoms. The molecule has 0 radical (unpaired) electrons. The zero-order chi connectivity index (χ0) is 17.4. The first-order valence-corrected chi connectivity index (χ1v) is 9.59. The fourth-order valence-corrected chi connectivity index (χ4v) is 3.94. The van der Waals surface area contributed by atoms with Crippen LogP contribution in [-0.2, 0) is 0 Å². The second-order valence-electron chi connectivity index (χ2n) is 7.95. The van der Waals surface area contributed by atoms with Crippen molar-refractivity contribution in [3.05, 3.63) is 36.3 Å². The van der Waals surface area contributed by atoms with Crippen LogP contribution >= 0.6 is 0 Å². The number of rotatable bonds is 4. The van der Waals surface area contributed by atoms with E-state index < -0.39 is 0 Å². The molecule has 5 heteroatoms. The predicted octanol–water partition coefficient (Wildman–Crippen LogP) is 2.92. The minimum absolute atomic E-state index is 0.0719. The molecule has 3 heterocycles. The first-order chi connectivity index (χ1) is 12.1. The fourth-order valence-electron chi connectivity index (χ4n) is 3.94. The average molecular weight is 340 g/mol. The van der Waals surface area contributed by atoms with Gasteiger partial charge in [-0.05, 0) is 43.2 Å². The minimum Gasteiger partial charge on any atom is -0.336 e. The van der Waals surface area contributed by atoms with Crippen LogP contribution in [0.25, 0.3) is 5.65 Å². The van der Waals surface area contributed by atoms with E-state index in [1.54, 1.807) is 0 Å². The first-order valence-electron chi connectivity index (χ1n) is 9.59. The summed E-state index contributed by atoms with van der Waals surface area (Å²) in [6.07, 6.45) is 7.61. The van der Waals surface area contributed by atoms with Gasteiger partial charge in [-0.1, -0.05) is 19.9 Å². The lowest BCUT2D eigenvalue weighted by Crippen LogP contribution is -2.46. The second kappa shape index (κ2) is 6.79. The van der Waals surface area contributed by atoms with Crippen LogP contribution in [0, 0.1) is 11.8 Å². The monoisotopic (exact) mass is 340 g/mol. The molecule has 1 unspecified atom stereocenters. The van der Waals surface area contributed by atoms with Crippen LogP contribution in [0.5, 0.6) is 0 Å². The maximum atomic E-state index is 13.1. The molecule has 0 spiro atoms. The normalized spacial score (nSPS) is 22.5. The molecule has 2 aliphatic rings. The van der Waals surface area contributed by atoms with E-state index in [2.05, 4.69) is 23.7 Å². The number of imidazole rings is 1. The molecule has 134 valence electrons. The highest BCUT2D eigenvalue weighted by Crippen LogP contribution is 2.32. The van der Waals surface area contributed by atoms with Gasteiger partial charge in [0.1, 0.15) is 11.3 Å². The molecule has 1 aliphatic heterocycles. The zero-order valence-corrected chi connectivity index (χ0v) is 15.3. The Morgan fingerprint density at radius 3 is 2.84 bits per heavy atom. The number of fused-ring (bicyclic) bond motifs is 1. The highest BCUT2D eigenvalue weighted by molar-refractivity contribution is 5.93. The van der Waals surface area contributed by atoms with Gasteiger partial charge >= 0.3 is 0 Å². The molecule has 2 fully saturated rings. The summed E-state index contributed by atoms with van der Waals surface area (Å²) in [4.78, 5) is 22.3. The van der Waals surface area contributed by atoms with Gasteiger partial charge in [0.2, 0.25) is 0 Å². The van der Waals surface area contributed by atoms with E-state index in [1.807, 2.05) is 39.9 Å². The van der Waals surface area contributed by atoms with Crippen molar-refractivity contribution < 1.29 is 4.79 Å². The molecule has 1 atom stereocenters. The van der Waals surface area contributed by atoms with E-state index in [9.17, 15) is 4.79 Å². The Bertz CT molecular complexity index is 716. The van der Waals surface area contributed by atoms with Gasteiger partial charge in [-0.25, -0.2) is 4.98 Å². The van der Waals surface area contributed by atoms with Gasteiger partial charge in [-0.15, -0.1) is 0 Å². The number of nitrogens with zero attached hydrogens (tertiary/aromatic N) is 4. The largest absolute Gasteiger partial charge is 0.336 e. The summed E-state index contributed by atoms with van der Waals surface area (Å²) in [6.45, 7) is 8.52. The number of carbonyl (C=O) groups is 1. The van der Waals surface area contributed by atoms with Crippen LogP contribution in [0.15, 0.2) is 30.6 Å². The molecular formula is C20H28N4O. The maximum absolute atomic E-state index is 13.1. The Morgan fingerprint density at radius 1 is 1.28 bits per heavy atom. The zero-order valence-electron chi connectivity index (χ0n) is 15.3. The third kappa shape index (κ3) is 3.56. The number of pyridine rings is 1. The van der Waals surface area contributed by atoms with Gasteiger partial charge in [0.15, 0.2) is 0 Å². The number of amides is 1. The molecule has 1 amide bonds. The summed E-state index contributed by atoms with van der Waals surface area (Å²) < 4.78 is 1.92. The van der Waals surface area contributed by atoms with Crippen molar-refractivity contribution in [1.82, 2.24) is 19.2 Å². The molecule has 1 aliphatic carbocycles. The molecule has 5 nitrogen and oxygen atoms in total. The molecule has 0 aromatic carbocycles. The molecule has 0 N–H and O–H groups in total. The highest BCUT2D eigenvalue weighted by atomic mass is 16.2. The summed E-state index contributed by atoms with van der Waals surface area (Å²) in [5, 5.41) is 0. The van der Waals surface area contributed by atoms with E-state index in [-0.39, 0.29) is 5.91 Å². The summed E-state index contributed by atoms with van der Waals surface area (Å²) in [5.74, 6) is 1.51. The number of hydrogen-bond acceptors (Lipinski definition) is 3. The van der Waals surface area contributed by atoms with E-state index in [0.717, 1.165) is 37.6 Å². The lowest BCUT2D eigenvalue weighted by atomic mass is 10.0. The van der Waals surface area contributed by atoms with Crippen molar-refractivity contribution in [3.8, 4) is 0 Å². The van der Waals surface area contributed by atoms with Crippen LogP contribution in [-0.4, -0.2) is 57.3 Å². The summed E-state index contributed by atoms with van der Waals surface area (Å²) in [6, 6.07) is 6.30. The van der Waals surface area contributed by atoms with Crippen molar-refractivity contribution >= 4 is 11.6 Å². The molecule has 4 rings (SSSR count). The molecular weight excluding hydrogens is 312 g/mol. The average Bonchev–Trinajstić information content (AvgIpc) is 3.35. The molecule has 25 heavy (non-hydrogen) atoms. The van der Waals surface area contributed by atoms with Crippen LogP contribution in [0.3, 0.4) is 0 Å². The Morgan fingerprint density at radius 2 is 2.12 bits per heavy atom. The summed E-state index contributed by atoms with van der Waals surface area (Å²) >= 11 is 0. The number of aromatic nitrogens is 2. The van der Waals surface area contributed by atoms with Crippen LogP contribution in [0.4, 0.5) is 0 Å². The van der Waals surface area contributed by atoms with Crippen LogP contribution in [0.2, 0.25) is 0 Å². The van der Waals surface area contributed by atoms with Gasteiger partial charge in [-0.2, -0.15) is 0 Å². The first kappa shape index (κ1) is 16.6. The Hall–Kier alpha value is -1.88. The molecule has 1 saturated heterocycles. The minimum atomic E-state index is 0.0719. The summed E-state index contributed by atoms with van der Waals surface area (Å²) in [5.41, 5.74) is 1.39. The van der Waals surface area contributed by atoms with E-state index >= 15 is 0 Å². The van der Waals surface area contributed by atoms with E-state index in [0.29, 0.717) is 17.7 Å². The lowest BCUT2D eigenvalue weighted by molar-refractivity contribution is 0.0699. The lowest BCUT2D eigenvalue weighted by Gasteiger charge is -2.34. The maximum Gasteiger partial charge on any atom is 0.274 e. The van der Waals surface area contributed by atoms with Gasteiger partial charge in [0.25, 0.3) is 5.91 Å². The predicted molar refractivity (Wildman–Crippen MR) is 98.6 cm³/mol. The fraction of sp³-hybridized carbons (Fsp3) is 0.600.